The van der Waals surface area contributed by atoms with Crippen molar-refractivity contribution in [1.29, 1.82) is 0 Å². The van der Waals surface area contributed by atoms with E-state index in [4.69, 9.17) is 20.7 Å². The number of nitrogens with two attached hydrogens (primary N) is 2. The molecule has 0 aliphatic rings. The van der Waals surface area contributed by atoms with Crippen molar-refractivity contribution in [2.75, 3.05) is 37.5 Å². The van der Waals surface area contributed by atoms with Gasteiger partial charge in [-0.05, 0) is 54.1 Å². The van der Waals surface area contributed by atoms with E-state index in [-0.39, 0.29) is 35.0 Å². The van der Waals surface area contributed by atoms with Crippen LogP contribution in [0.2, 0.25) is 0 Å². The number of nitrogen functional groups attached to an aromatic ring is 1. The van der Waals surface area contributed by atoms with Crippen LogP contribution in [0.4, 0.5) is 20.2 Å². The summed E-state index contributed by atoms with van der Waals surface area (Å²) in [7, 11) is 4.80. The normalized spacial score (nSPS) is 11.0. The first-order valence-corrected chi connectivity index (χ1v) is 14.9. The molecule has 1 aromatic heterocycles. The predicted molar refractivity (Wildman–Crippen MR) is 174 cm³/mol. The molecule has 0 bridgehead atoms. The Bertz CT molecular complexity index is 1910. The fourth-order valence-electron chi connectivity index (χ4n) is 5.05. The van der Waals surface area contributed by atoms with Gasteiger partial charge in [-0.3, -0.25) is 14.6 Å². The average molecular weight is 632 g/mol. The number of nitrogens with one attached hydrogen (secondary N) is 1. The quantitative estimate of drug-likeness (QED) is 0.0575. The third-order valence-electron chi connectivity index (χ3n) is 7.43. The van der Waals surface area contributed by atoms with Crippen molar-refractivity contribution >= 4 is 46.1 Å². The maximum atomic E-state index is 13.7. The standard InChI is InChI=1S/C33H31F2N5O4S/c1-38-32(41)30-25-15-23(27(39(2)45-4)16-29(25)44-31(30)18-5-9-21(34)10-6-18)19-8-12-26(36)24(13-19)33(42)40(37)17-20-7-11-22(35)14-28(20)43-3/h5-16H,17,36-37H2,1-4H3,(H,38,41). The van der Waals surface area contributed by atoms with E-state index >= 15 is 0 Å². The Hall–Kier alpha value is -5.07. The predicted octanol–water partition coefficient (Wildman–Crippen LogP) is 6.23. The summed E-state index contributed by atoms with van der Waals surface area (Å²) in [5, 5.41) is 4.17. The second kappa shape index (κ2) is 12.9. The second-order valence-electron chi connectivity index (χ2n) is 10.1. The lowest BCUT2D eigenvalue weighted by Crippen LogP contribution is -2.37. The molecule has 0 atom stereocenters. The maximum absolute atomic E-state index is 13.7. The number of methoxy groups -OCH3 is 1. The molecule has 0 aliphatic heterocycles. The number of nitrogens with zero attached hydrogens (tertiary/aromatic N) is 2. The van der Waals surface area contributed by atoms with E-state index in [1.54, 1.807) is 30.3 Å². The van der Waals surface area contributed by atoms with Crippen molar-refractivity contribution in [2.45, 2.75) is 6.54 Å². The van der Waals surface area contributed by atoms with Crippen molar-refractivity contribution in [3.63, 3.8) is 0 Å². The highest BCUT2D eigenvalue weighted by atomic mass is 32.2. The molecule has 5 rings (SSSR count). The van der Waals surface area contributed by atoms with Crippen LogP contribution in [0.15, 0.2) is 77.2 Å². The van der Waals surface area contributed by atoms with Gasteiger partial charge in [-0.15, -0.1) is 0 Å². The van der Waals surface area contributed by atoms with Gasteiger partial charge in [0, 0.05) is 60.2 Å². The fraction of sp³-hybridized carbons (Fsp3) is 0.152. The van der Waals surface area contributed by atoms with E-state index in [1.165, 1.54) is 56.4 Å². The molecule has 5 aromatic rings. The van der Waals surface area contributed by atoms with E-state index in [0.29, 0.717) is 39.0 Å². The molecule has 12 heteroatoms. The summed E-state index contributed by atoms with van der Waals surface area (Å²) in [6, 6.07) is 18.3. The third-order valence-corrected chi connectivity index (χ3v) is 8.17. The van der Waals surface area contributed by atoms with Gasteiger partial charge < -0.3 is 24.5 Å². The fourth-order valence-corrected chi connectivity index (χ4v) is 5.39. The molecular weight excluding hydrogens is 600 g/mol. The number of rotatable bonds is 9. The number of hydrogen-bond donors (Lipinski definition) is 3. The zero-order valence-electron chi connectivity index (χ0n) is 25.0. The van der Waals surface area contributed by atoms with Gasteiger partial charge in [0.05, 0.1) is 30.5 Å². The highest BCUT2D eigenvalue weighted by Gasteiger charge is 2.25. The molecule has 0 saturated heterocycles. The van der Waals surface area contributed by atoms with Crippen molar-refractivity contribution in [1.82, 2.24) is 10.3 Å². The lowest BCUT2D eigenvalue weighted by atomic mass is 9.96. The Labute approximate surface area is 262 Å². The number of halogens is 2. The minimum atomic E-state index is -0.561. The van der Waals surface area contributed by atoms with Crippen LogP contribution in [-0.4, -0.2) is 44.3 Å². The molecule has 0 saturated carbocycles. The maximum Gasteiger partial charge on any atom is 0.270 e. The molecule has 0 radical (unpaired) electrons. The summed E-state index contributed by atoms with van der Waals surface area (Å²) in [5.41, 5.74) is 10.5. The topological polar surface area (TPSA) is 127 Å². The number of ether oxygens (including phenoxy) is 1. The van der Waals surface area contributed by atoms with E-state index < -0.39 is 17.5 Å². The largest absolute Gasteiger partial charge is 0.496 e. The molecule has 5 N–H and O–H groups in total. The first-order chi connectivity index (χ1) is 21.6. The SMILES string of the molecule is CNC(=O)c1c(-c2ccc(F)cc2)oc2cc(N(C)SC)c(-c3ccc(N)c(C(=O)N(N)Cc4ccc(F)cc4OC)c3)cc12. The molecular formula is C33H31F2N5O4S. The van der Waals surface area contributed by atoms with Crippen molar-refractivity contribution < 1.29 is 27.5 Å². The smallest absolute Gasteiger partial charge is 0.270 e. The van der Waals surface area contributed by atoms with Crippen molar-refractivity contribution in [2.24, 2.45) is 5.84 Å². The van der Waals surface area contributed by atoms with Crippen LogP contribution in [0.1, 0.15) is 26.3 Å². The van der Waals surface area contributed by atoms with E-state index in [0.717, 1.165) is 10.7 Å². The zero-order valence-corrected chi connectivity index (χ0v) is 25.8. The highest BCUT2D eigenvalue weighted by Crippen LogP contribution is 2.42. The molecule has 0 fully saturated rings. The zero-order chi connectivity index (χ0) is 32.4. The highest BCUT2D eigenvalue weighted by molar-refractivity contribution is 7.99. The molecule has 45 heavy (non-hydrogen) atoms. The molecule has 0 aliphatic carbocycles. The summed E-state index contributed by atoms with van der Waals surface area (Å²) in [6.07, 6.45) is 1.91. The van der Waals surface area contributed by atoms with Crippen LogP contribution in [0.25, 0.3) is 33.4 Å². The Balaban J connectivity index is 1.63. The molecule has 9 nitrogen and oxygen atoms in total. The molecule has 2 amide bonds. The van der Waals surface area contributed by atoms with Gasteiger partial charge in [-0.25, -0.2) is 14.6 Å². The van der Waals surface area contributed by atoms with Crippen LogP contribution in [0.3, 0.4) is 0 Å². The number of amides is 2. The summed E-state index contributed by atoms with van der Waals surface area (Å²) in [4.78, 5) is 26.8. The minimum absolute atomic E-state index is 0.0605. The molecule has 1 heterocycles. The average Bonchev–Trinajstić information content (AvgIpc) is 3.42. The lowest BCUT2D eigenvalue weighted by Gasteiger charge is -2.22. The Kier molecular flexibility index (Phi) is 8.98. The number of carbonyl (C=O) groups is 2. The van der Waals surface area contributed by atoms with Gasteiger partial charge in [0.25, 0.3) is 11.8 Å². The number of hydrazine groups is 1. The van der Waals surface area contributed by atoms with Crippen LogP contribution >= 0.6 is 11.9 Å². The van der Waals surface area contributed by atoms with Gasteiger partial charge in [0.2, 0.25) is 0 Å². The molecule has 232 valence electrons. The number of hydrogen-bond acceptors (Lipinski definition) is 8. The third kappa shape index (κ3) is 6.15. The number of furan rings is 1. The number of benzene rings is 4. The van der Waals surface area contributed by atoms with Gasteiger partial charge in [-0.2, -0.15) is 0 Å². The Morgan fingerprint density at radius 2 is 1.67 bits per heavy atom. The summed E-state index contributed by atoms with van der Waals surface area (Å²) in [6.45, 7) is -0.0605. The lowest BCUT2D eigenvalue weighted by molar-refractivity contribution is 0.0743. The summed E-state index contributed by atoms with van der Waals surface area (Å²) < 4.78 is 40.8. The van der Waals surface area contributed by atoms with Gasteiger partial charge in [0.15, 0.2) is 0 Å². The molecule has 4 aromatic carbocycles. The Morgan fingerprint density at radius 1 is 0.978 bits per heavy atom. The molecule has 0 unspecified atom stereocenters. The van der Waals surface area contributed by atoms with E-state index in [2.05, 4.69) is 5.32 Å². The van der Waals surface area contributed by atoms with Gasteiger partial charge in [-0.1, -0.05) is 24.1 Å². The first kappa shape index (κ1) is 31.4. The van der Waals surface area contributed by atoms with Crippen LogP contribution in [0, 0.1) is 11.6 Å². The minimum Gasteiger partial charge on any atom is -0.496 e. The van der Waals surface area contributed by atoms with Gasteiger partial charge in [0.1, 0.15) is 28.7 Å². The number of fused-ring (bicyclic) bond motifs is 1. The Morgan fingerprint density at radius 3 is 2.33 bits per heavy atom. The first-order valence-electron chi connectivity index (χ1n) is 13.7. The van der Waals surface area contributed by atoms with E-state index in [9.17, 15) is 18.4 Å². The van der Waals surface area contributed by atoms with Crippen LogP contribution < -0.4 is 25.9 Å². The van der Waals surface area contributed by atoms with Crippen LogP contribution in [-0.2, 0) is 6.54 Å². The summed E-state index contributed by atoms with van der Waals surface area (Å²) in [5.74, 6) is 4.91. The monoisotopic (exact) mass is 631 g/mol. The number of carbonyl (C=O) groups excluding carboxylic acids is 2. The van der Waals surface area contributed by atoms with Crippen LogP contribution in [0.5, 0.6) is 5.75 Å². The number of anilines is 2. The second-order valence-corrected chi connectivity index (χ2v) is 11.0. The van der Waals surface area contributed by atoms with E-state index in [1.807, 2.05) is 29.7 Å². The van der Waals surface area contributed by atoms with Crippen molar-refractivity contribution in [3.05, 3.63) is 101 Å². The van der Waals surface area contributed by atoms with Gasteiger partial charge >= 0.3 is 0 Å². The molecule has 0 spiro atoms. The summed E-state index contributed by atoms with van der Waals surface area (Å²) >= 11 is 1.45. The van der Waals surface area contributed by atoms with Crippen molar-refractivity contribution in [3.8, 4) is 28.2 Å².